The van der Waals surface area contributed by atoms with Crippen molar-refractivity contribution in [3.05, 3.63) is 46.2 Å². The number of nitrogens with zero attached hydrogens (tertiary/aromatic N) is 3. The van der Waals surface area contributed by atoms with Crippen molar-refractivity contribution in [3.63, 3.8) is 0 Å². The van der Waals surface area contributed by atoms with E-state index in [4.69, 9.17) is 16.3 Å². The van der Waals surface area contributed by atoms with Gasteiger partial charge >= 0.3 is 0 Å². The Bertz CT molecular complexity index is 683. The highest BCUT2D eigenvalue weighted by atomic mass is 35.5. The van der Waals surface area contributed by atoms with Gasteiger partial charge in [-0.15, -0.1) is 0 Å². The van der Waals surface area contributed by atoms with E-state index in [-0.39, 0.29) is 0 Å². The van der Waals surface area contributed by atoms with Gasteiger partial charge in [-0.3, -0.25) is 9.58 Å². The molecule has 1 atom stereocenters. The number of likely N-dealkylation sites (tertiary alicyclic amines) is 1. The molecule has 0 bridgehead atoms. The molecular formula is C18H24ClN3O. The van der Waals surface area contributed by atoms with Crippen molar-refractivity contribution in [2.24, 2.45) is 7.05 Å². The molecule has 1 aliphatic rings. The molecule has 0 saturated carbocycles. The Morgan fingerprint density at radius 1 is 1.35 bits per heavy atom. The van der Waals surface area contributed by atoms with E-state index in [0.717, 1.165) is 42.5 Å². The zero-order valence-corrected chi connectivity index (χ0v) is 14.8. The van der Waals surface area contributed by atoms with Gasteiger partial charge in [0.05, 0.1) is 12.8 Å². The Labute approximate surface area is 143 Å². The summed E-state index contributed by atoms with van der Waals surface area (Å²) in [4.78, 5) is 2.50. The first kappa shape index (κ1) is 16.3. The van der Waals surface area contributed by atoms with Gasteiger partial charge in [-0.2, -0.15) is 5.10 Å². The molecule has 1 aromatic carbocycles. The number of hydrogen-bond acceptors (Lipinski definition) is 3. The Kier molecular flexibility index (Phi) is 4.93. The van der Waals surface area contributed by atoms with Crippen LogP contribution in [0.3, 0.4) is 0 Å². The molecule has 1 aliphatic heterocycles. The summed E-state index contributed by atoms with van der Waals surface area (Å²) in [6, 6.07) is 8.71. The quantitative estimate of drug-likeness (QED) is 0.829. The van der Waals surface area contributed by atoms with E-state index in [1.54, 1.807) is 11.8 Å². The van der Waals surface area contributed by atoms with Gasteiger partial charge in [-0.1, -0.05) is 36.7 Å². The van der Waals surface area contributed by atoms with E-state index in [9.17, 15) is 0 Å². The lowest BCUT2D eigenvalue weighted by Gasteiger charge is -2.26. The number of halogens is 1. The standard InChI is InChI=1S/C18H24ClN3O/c1-4-15-14(18(19)21(2)20-15)12-22-11-7-9-16(22)13-8-5-6-10-17(13)23-3/h5-6,8,10,16H,4,7,9,11-12H2,1-3H3/t16-/m0/s1. The largest absolute Gasteiger partial charge is 0.496 e. The lowest BCUT2D eigenvalue weighted by atomic mass is 10.0. The second-order valence-electron chi connectivity index (χ2n) is 6.06. The van der Waals surface area contributed by atoms with Crippen LogP contribution in [-0.4, -0.2) is 28.3 Å². The fourth-order valence-electron chi connectivity index (χ4n) is 3.55. The van der Waals surface area contributed by atoms with Gasteiger partial charge in [0.2, 0.25) is 0 Å². The minimum Gasteiger partial charge on any atom is -0.496 e. The molecule has 0 spiro atoms. The smallest absolute Gasteiger partial charge is 0.131 e. The lowest BCUT2D eigenvalue weighted by molar-refractivity contribution is 0.242. The third kappa shape index (κ3) is 3.10. The van der Waals surface area contributed by atoms with Gasteiger partial charge in [0, 0.05) is 30.8 Å². The average molecular weight is 334 g/mol. The fourth-order valence-corrected chi connectivity index (χ4v) is 3.76. The number of aromatic nitrogens is 2. The van der Waals surface area contributed by atoms with Crippen LogP contribution in [0.15, 0.2) is 24.3 Å². The number of methoxy groups -OCH3 is 1. The van der Waals surface area contributed by atoms with Crippen LogP contribution >= 0.6 is 11.6 Å². The maximum atomic E-state index is 6.47. The predicted octanol–water partition coefficient (Wildman–Crippen LogP) is 3.98. The molecule has 0 N–H and O–H groups in total. The SMILES string of the molecule is CCc1nn(C)c(Cl)c1CN1CCC[C@H]1c1ccccc1OC. The van der Waals surface area contributed by atoms with Crippen molar-refractivity contribution in [3.8, 4) is 5.75 Å². The molecule has 2 heterocycles. The summed E-state index contributed by atoms with van der Waals surface area (Å²) in [7, 11) is 3.65. The highest BCUT2D eigenvalue weighted by Crippen LogP contribution is 2.38. The molecule has 0 amide bonds. The highest BCUT2D eigenvalue weighted by Gasteiger charge is 2.29. The molecule has 3 rings (SSSR count). The summed E-state index contributed by atoms with van der Waals surface area (Å²) >= 11 is 6.47. The van der Waals surface area contributed by atoms with Gasteiger partial charge in [-0.25, -0.2) is 0 Å². The first-order valence-corrected chi connectivity index (χ1v) is 8.60. The van der Waals surface area contributed by atoms with Crippen molar-refractivity contribution in [2.75, 3.05) is 13.7 Å². The Morgan fingerprint density at radius 2 is 2.13 bits per heavy atom. The average Bonchev–Trinajstić information content (AvgIpc) is 3.14. The van der Waals surface area contributed by atoms with E-state index >= 15 is 0 Å². The molecule has 23 heavy (non-hydrogen) atoms. The molecule has 1 aromatic heterocycles. The number of rotatable bonds is 5. The number of aryl methyl sites for hydroxylation is 2. The topological polar surface area (TPSA) is 30.3 Å². The second kappa shape index (κ2) is 6.93. The number of hydrogen-bond donors (Lipinski definition) is 0. The van der Waals surface area contributed by atoms with E-state index in [1.165, 1.54) is 17.5 Å². The Balaban J connectivity index is 1.88. The van der Waals surface area contributed by atoms with Gasteiger partial charge in [0.25, 0.3) is 0 Å². The first-order valence-electron chi connectivity index (χ1n) is 8.22. The van der Waals surface area contributed by atoms with E-state index < -0.39 is 0 Å². The van der Waals surface area contributed by atoms with E-state index in [0.29, 0.717) is 6.04 Å². The monoisotopic (exact) mass is 333 g/mol. The summed E-state index contributed by atoms with van der Waals surface area (Å²) in [6.07, 6.45) is 3.25. The lowest BCUT2D eigenvalue weighted by Crippen LogP contribution is -2.23. The molecule has 0 unspecified atom stereocenters. The van der Waals surface area contributed by atoms with Gasteiger partial charge in [0.15, 0.2) is 0 Å². The minimum atomic E-state index is 0.382. The number of para-hydroxylation sites is 1. The van der Waals surface area contributed by atoms with Crippen molar-refractivity contribution in [1.29, 1.82) is 0 Å². The molecule has 2 aromatic rings. The van der Waals surface area contributed by atoms with Crippen LogP contribution in [0.1, 0.15) is 42.6 Å². The van der Waals surface area contributed by atoms with Crippen molar-refractivity contribution < 1.29 is 4.74 Å². The molecule has 1 fully saturated rings. The predicted molar refractivity (Wildman–Crippen MR) is 93.0 cm³/mol. The first-order chi connectivity index (χ1) is 11.2. The van der Waals surface area contributed by atoms with Crippen LogP contribution in [0.4, 0.5) is 0 Å². The van der Waals surface area contributed by atoms with Gasteiger partial charge < -0.3 is 4.74 Å². The minimum absolute atomic E-state index is 0.382. The summed E-state index contributed by atoms with van der Waals surface area (Å²) in [5, 5.41) is 5.29. The zero-order chi connectivity index (χ0) is 16.4. The zero-order valence-electron chi connectivity index (χ0n) is 14.1. The summed E-state index contributed by atoms with van der Waals surface area (Å²) in [6.45, 7) is 4.06. The number of ether oxygens (including phenoxy) is 1. The molecule has 1 saturated heterocycles. The molecule has 5 heteroatoms. The molecule has 124 valence electrons. The van der Waals surface area contributed by atoms with Gasteiger partial charge in [0.1, 0.15) is 10.9 Å². The second-order valence-corrected chi connectivity index (χ2v) is 6.42. The summed E-state index contributed by atoms with van der Waals surface area (Å²) in [5.41, 5.74) is 3.53. The van der Waals surface area contributed by atoms with Crippen LogP contribution in [0.2, 0.25) is 5.15 Å². The van der Waals surface area contributed by atoms with Crippen LogP contribution in [0.25, 0.3) is 0 Å². The molecule has 0 aliphatic carbocycles. The third-order valence-electron chi connectivity index (χ3n) is 4.71. The fraction of sp³-hybridized carbons (Fsp3) is 0.500. The Hall–Kier alpha value is -1.52. The summed E-state index contributed by atoms with van der Waals surface area (Å²) < 4.78 is 7.34. The van der Waals surface area contributed by atoms with Crippen LogP contribution in [0, 0.1) is 0 Å². The normalized spacial score (nSPS) is 18.5. The van der Waals surface area contributed by atoms with E-state index in [2.05, 4.69) is 29.1 Å². The maximum absolute atomic E-state index is 6.47. The van der Waals surface area contributed by atoms with Crippen LogP contribution < -0.4 is 4.74 Å². The van der Waals surface area contributed by atoms with Crippen molar-refractivity contribution in [2.45, 2.75) is 38.8 Å². The van der Waals surface area contributed by atoms with E-state index in [1.807, 2.05) is 19.2 Å². The summed E-state index contributed by atoms with van der Waals surface area (Å²) in [5.74, 6) is 0.970. The molecule has 4 nitrogen and oxygen atoms in total. The van der Waals surface area contributed by atoms with Gasteiger partial charge in [-0.05, 0) is 31.9 Å². The molecular weight excluding hydrogens is 310 g/mol. The van der Waals surface area contributed by atoms with Crippen LogP contribution in [-0.2, 0) is 20.0 Å². The Morgan fingerprint density at radius 3 is 2.87 bits per heavy atom. The highest BCUT2D eigenvalue weighted by molar-refractivity contribution is 6.30. The maximum Gasteiger partial charge on any atom is 0.131 e. The molecule has 0 radical (unpaired) electrons. The third-order valence-corrected chi connectivity index (χ3v) is 5.18. The number of benzene rings is 1. The van der Waals surface area contributed by atoms with Crippen LogP contribution in [0.5, 0.6) is 5.75 Å². The van der Waals surface area contributed by atoms with Crippen molar-refractivity contribution in [1.82, 2.24) is 14.7 Å². The van der Waals surface area contributed by atoms with Crippen molar-refractivity contribution >= 4 is 11.6 Å².